The largest absolute Gasteiger partial charge is 0.497 e. The summed E-state index contributed by atoms with van der Waals surface area (Å²) in [5.41, 5.74) is 3.91. The molecule has 41 heavy (non-hydrogen) atoms. The van der Waals surface area contributed by atoms with Crippen LogP contribution < -0.4 is 10.1 Å². The number of benzene rings is 2. The highest BCUT2D eigenvalue weighted by molar-refractivity contribution is 7.17. The molecule has 10 heteroatoms. The molecule has 0 saturated heterocycles. The van der Waals surface area contributed by atoms with Gasteiger partial charge in [0.2, 0.25) is 0 Å². The molecule has 4 aromatic rings. The van der Waals surface area contributed by atoms with Crippen molar-refractivity contribution in [2.45, 2.75) is 58.5 Å². The fourth-order valence-electron chi connectivity index (χ4n) is 4.94. The molecule has 1 aliphatic carbocycles. The molecular formula is C31H33N3O6S. The monoisotopic (exact) mass is 575 g/mol. The number of ether oxygens (including phenoxy) is 3. The molecule has 0 fully saturated rings. The van der Waals surface area contributed by atoms with Gasteiger partial charge in [0.05, 0.1) is 35.9 Å². The van der Waals surface area contributed by atoms with E-state index in [0.717, 1.165) is 60.3 Å². The second-order valence-corrected chi connectivity index (χ2v) is 11.0. The predicted octanol–water partition coefficient (Wildman–Crippen LogP) is 6.32. The molecular weight excluding hydrogens is 542 g/mol. The first-order valence-electron chi connectivity index (χ1n) is 13.9. The summed E-state index contributed by atoms with van der Waals surface area (Å²) in [7, 11) is 1.61. The Balaban J connectivity index is 1.30. The molecule has 5 rings (SSSR count). The number of hydrogen-bond donors (Lipinski definition) is 2. The van der Waals surface area contributed by atoms with Crippen LogP contribution in [-0.2, 0) is 27.1 Å². The molecule has 2 aromatic carbocycles. The third kappa shape index (κ3) is 6.27. The van der Waals surface area contributed by atoms with Crippen LogP contribution in [0.2, 0.25) is 0 Å². The molecule has 0 bridgehead atoms. The number of imidazole rings is 1. The van der Waals surface area contributed by atoms with Crippen molar-refractivity contribution in [2.24, 2.45) is 0 Å². The lowest BCUT2D eigenvalue weighted by Crippen LogP contribution is -2.30. The second kappa shape index (κ2) is 12.6. The minimum atomic E-state index is -1.09. The van der Waals surface area contributed by atoms with Crippen LogP contribution in [0.4, 0.5) is 5.00 Å². The zero-order valence-electron chi connectivity index (χ0n) is 23.4. The number of H-pyrrole nitrogens is 1. The van der Waals surface area contributed by atoms with Gasteiger partial charge in [-0.25, -0.2) is 14.6 Å². The molecule has 0 radical (unpaired) electrons. The summed E-state index contributed by atoms with van der Waals surface area (Å²) < 4.78 is 16.0. The van der Waals surface area contributed by atoms with E-state index in [1.165, 1.54) is 18.3 Å². The Kier molecular flexibility index (Phi) is 8.68. The highest BCUT2D eigenvalue weighted by atomic mass is 32.1. The van der Waals surface area contributed by atoms with Crippen LogP contribution in [0.15, 0.2) is 42.5 Å². The summed E-state index contributed by atoms with van der Waals surface area (Å²) in [6.45, 7) is 3.51. The van der Waals surface area contributed by atoms with Crippen LogP contribution >= 0.6 is 11.3 Å². The Morgan fingerprint density at radius 2 is 1.78 bits per heavy atom. The van der Waals surface area contributed by atoms with Gasteiger partial charge < -0.3 is 24.5 Å². The Labute approximate surface area is 242 Å². The van der Waals surface area contributed by atoms with Crippen LogP contribution in [0.3, 0.4) is 0 Å². The predicted molar refractivity (Wildman–Crippen MR) is 158 cm³/mol. The van der Waals surface area contributed by atoms with E-state index in [1.807, 2.05) is 24.3 Å². The Morgan fingerprint density at radius 1 is 1.02 bits per heavy atom. The van der Waals surface area contributed by atoms with Crippen LogP contribution in [0, 0.1) is 0 Å². The van der Waals surface area contributed by atoms with Gasteiger partial charge in [0, 0.05) is 10.4 Å². The number of fused-ring (bicyclic) bond motifs is 2. The number of aromatic nitrogens is 2. The maximum absolute atomic E-state index is 13.1. The van der Waals surface area contributed by atoms with Crippen molar-refractivity contribution in [2.75, 3.05) is 19.0 Å². The quantitative estimate of drug-likeness (QED) is 0.236. The molecule has 2 N–H and O–H groups in total. The van der Waals surface area contributed by atoms with Gasteiger partial charge in [-0.15, -0.1) is 11.3 Å². The zero-order valence-corrected chi connectivity index (χ0v) is 24.2. The van der Waals surface area contributed by atoms with E-state index in [2.05, 4.69) is 15.3 Å². The van der Waals surface area contributed by atoms with Crippen molar-refractivity contribution >= 4 is 45.2 Å². The number of hydrogen-bond acceptors (Lipinski definition) is 8. The molecule has 1 aliphatic rings. The Bertz CT molecular complexity index is 1570. The van der Waals surface area contributed by atoms with Gasteiger partial charge in [0.15, 0.2) is 6.10 Å². The Morgan fingerprint density at radius 3 is 2.51 bits per heavy atom. The maximum atomic E-state index is 13.1. The number of carbonyl (C=O) groups is 3. The number of nitrogens with one attached hydrogen (secondary N) is 2. The van der Waals surface area contributed by atoms with E-state index < -0.39 is 23.9 Å². The average molecular weight is 576 g/mol. The molecule has 1 unspecified atom stereocenters. The average Bonchev–Trinajstić information content (AvgIpc) is 3.53. The number of aromatic amines is 1. The number of nitrogens with zero attached hydrogens (tertiary/aromatic N) is 1. The zero-order chi connectivity index (χ0) is 28.9. The lowest BCUT2D eigenvalue weighted by Gasteiger charge is -2.14. The first-order chi connectivity index (χ1) is 19.9. The highest BCUT2D eigenvalue weighted by Crippen LogP contribution is 2.38. The van der Waals surface area contributed by atoms with Crippen molar-refractivity contribution < 1.29 is 28.6 Å². The summed E-state index contributed by atoms with van der Waals surface area (Å²) in [6.07, 6.45) is 4.83. The van der Waals surface area contributed by atoms with E-state index in [-0.39, 0.29) is 12.2 Å². The van der Waals surface area contributed by atoms with Crippen molar-refractivity contribution in [3.63, 3.8) is 0 Å². The first kappa shape index (κ1) is 28.4. The minimum Gasteiger partial charge on any atom is -0.497 e. The van der Waals surface area contributed by atoms with Crippen molar-refractivity contribution in [1.29, 1.82) is 0 Å². The molecule has 1 amide bonds. The van der Waals surface area contributed by atoms with Crippen molar-refractivity contribution in [3.05, 3.63) is 64.0 Å². The fraction of sp³-hybridized carbons (Fsp3) is 0.355. The number of aryl methyl sites for hydroxylation is 1. The summed E-state index contributed by atoms with van der Waals surface area (Å²) in [4.78, 5) is 47.9. The minimum absolute atomic E-state index is 0.243. The molecule has 1 atom stereocenters. The third-order valence-electron chi connectivity index (χ3n) is 7.12. The van der Waals surface area contributed by atoms with Gasteiger partial charge >= 0.3 is 11.9 Å². The lowest BCUT2D eigenvalue weighted by molar-refractivity contribution is -0.123. The van der Waals surface area contributed by atoms with Crippen LogP contribution in [-0.4, -0.2) is 47.6 Å². The summed E-state index contributed by atoms with van der Waals surface area (Å²) >= 11 is 1.41. The molecule has 0 aliphatic heterocycles. The van der Waals surface area contributed by atoms with Gasteiger partial charge in [-0.3, -0.25) is 4.79 Å². The number of amides is 1. The molecule has 0 spiro atoms. The van der Waals surface area contributed by atoms with Crippen LogP contribution in [0.1, 0.15) is 70.7 Å². The number of anilines is 1. The molecule has 0 saturated carbocycles. The maximum Gasteiger partial charge on any atom is 0.341 e. The summed E-state index contributed by atoms with van der Waals surface area (Å²) in [6, 6.07) is 12.5. The van der Waals surface area contributed by atoms with Crippen molar-refractivity contribution in [1.82, 2.24) is 9.97 Å². The van der Waals surface area contributed by atoms with Gasteiger partial charge in [-0.1, -0.05) is 12.8 Å². The van der Waals surface area contributed by atoms with E-state index in [0.29, 0.717) is 27.4 Å². The lowest BCUT2D eigenvalue weighted by atomic mass is 9.96. The third-order valence-corrected chi connectivity index (χ3v) is 8.33. The van der Waals surface area contributed by atoms with E-state index in [1.54, 1.807) is 32.2 Å². The number of rotatable bonds is 8. The normalized spacial score (nSPS) is 13.9. The first-order valence-corrected chi connectivity index (χ1v) is 14.7. The van der Waals surface area contributed by atoms with E-state index >= 15 is 0 Å². The summed E-state index contributed by atoms with van der Waals surface area (Å²) in [5.74, 6) is -0.188. The van der Waals surface area contributed by atoms with E-state index in [9.17, 15) is 14.4 Å². The number of thiophene rings is 1. The molecule has 214 valence electrons. The highest BCUT2D eigenvalue weighted by Gasteiger charge is 2.28. The van der Waals surface area contributed by atoms with Gasteiger partial charge in [-0.2, -0.15) is 0 Å². The van der Waals surface area contributed by atoms with Crippen LogP contribution in [0.25, 0.3) is 22.4 Å². The second-order valence-electron chi connectivity index (χ2n) is 9.93. The van der Waals surface area contributed by atoms with Gasteiger partial charge in [0.1, 0.15) is 16.6 Å². The van der Waals surface area contributed by atoms with Gasteiger partial charge in [0.25, 0.3) is 5.91 Å². The van der Waals surface area contributed by atoms with Gasteiger partial charge in [-0.05, 0) is 87.6 Å². The van der Waals surface area contributed by atoms with Crippen LogP contribution in [0.5, 0.6) is 5.75 Å². The standard InChI is InChI=1S/C31H33N3O6S/c1-4-39-31(37)26-22-9-7-5-6-8-10-25(22)41-29(26)34-28(35)18(2)40-30(36)20-13-16-23-24(17-20)33-27(32-23)19-11-14-21(38-3)15-12-19/h11-18H,4-10H2,1-3H3,(H,32,33)(H,34,35). The topological polar surface area (TPSA) is 120 Å². The van der Waals surface area contributed by atoms with Crippen molar-refractivity contribution in [3.8, 4) is 17.1 Å². The molecule has 2 aromatic heterocycles. The molecule has 9 nitrogen and oxygen atoms in total. The Hall–Kier alpha value is -4.18. The number of methoxy groups -OCH3 is 1. The molecule has 2 heterocycles. The smallest absolute Gasteiger partial charge is 0.341 e. The number of esters is 2. The number of carbonyl (C=O) groups excluding carboxylic acids is 3. The fourth-order valence-corrected chi connectivity index (χ4v) is 6.22. The SMILES string of the molecule is CCOC(=O)c1c(NC(=O)C(C)OC(=O)c2ccc3nc(-c4ccc(OC)cc4)[nH]c3c2)sc2c1CCCCCC2. The van der Waals surface area contributed by atoms with E-state index in [4.69, 9.17) is 14.2 Å². The summed E-state index contributed by atoms with van der Waals surface area (Å²) in [5, 5.41) is 3.29.